The third kappa shape index (κ3) is 4.16. The van der Waals surface area contributed by atoms with Gasteiger partial charge in [-0.15, -0.1) is 0 Å². The molecule has 0 aliphatic heterocycles. The second-order valence-electron chi connectivity index (χ2n) is 4.07. The molecule has 1 rings (SSSR count). The number of urea groups is 1. The Kier molecular flexibility index (Phi) is 5.39. The quantitative estimate of drug-likeness (QED) is 0.771. The first-order chi connectivity index (χ1) is 9.35. The summed E-state index contributed by atoms with van der Waals surface area (Å²) in [6.07, 6.45) is 0. The summed E-state index contributed by atoms with van der Waals surface area (Å²) in [6, 6.07) is 0.0345. The molecule has 2 amide bonds. The molecule has 1 aromatic rings. The van der Waals surface area contributed by atoms with E-state index in [4.69, 9.17) is 9.84 Å². The number of aromatic carboxylic acids is 1. The number of anilines is 1. The molecule has 0 aromatic heterocycles. The molecule has 0 fully saturated rings. The van der Waals surface area contributed by atoms with E-state index >= 15 is 0 Å². The van der Waals surface area contributed by atoms with E-state index in [1.54, 1.807) is 6.92 Å². The van der Waals surface area contributed by atoms with Crippen LogP contribution in [0.1, 0.15) is 17.3 Å². The van der Waals surface area contributed by atoms with Gasteiger partial charge >= 0.3 is 12.0 Å². The van der Waals surface area contributed by atoms with Gasteiger partial charge in [-0.05, 0) is 13.0 Å². The van der Waals surface area contributed by atoms with Gasteiger partial charge in [-0.2, -0.15) is 0 Å². The SMILES string of the molecule is COCC(C)NC(=O)Nc1cc(F)c(F)cc1C(=O)O. The first kappa shape index (κ1) is 15.8. The highest BCUT2D eigenvalue weighted by atomic mass is 19.2. The molecular weight excluding hydrogens is 274 g/mol. The molecule has 0 spiro atoms. The smallest absolute Gasteiger partial charge is 0.337 e. The van der Waals surface area contributed by atoms with Crippen molar-refractivity contribution in [2.45, 2.75) is 13.0 Å². The highest BCUT2D eigenvalue weighted by Crippen LogP contribution is 2.20. The van der Waals surface area contributed by atoms with Crippen LogP contribution in [0.5, 0.6) is 0 Å². The average Bonchev–Trinajstić information content (AvgIpc) is 2.33. The van der Waals surface area contributed by atoms with Crippen LogP contribution in [-0.4, -0.2) is 36.9 Å². The lowest BCUT2D eigenvalue weighted by molar-refractivity contribution is 0.0697. The Bertz CT molecular complexity index is 522. The van der Waals surface area contributed by atoms with Crippen molar-refractivity contribution in [1.82, 2.24) is 5.32 Å². The molecule has 20 heavy (non-hydrogen) atoms. The van der Waals surface area contributed by atoms with Gasteiger partial charge in [-0.1, -0.05) is 0 Å². The highest BCUT2D eigenvalue weighted by molar-refractivity contribution is 6.00. The van der Waals surface area contributed by atoms with Gasteiger partial charge in [0.25, 0.3) is 0 Å². The largest absolute Gasteiger partial charge is 0.478 e. The summed E-state index contributed by atoms with van der Waals surface area (Å²) in [5.74, 6) is -4.04. The predicted molar refractivity (Wildman–Crippen MR) is 66.8 cm³/mol. The number of benzene rings is 1. The molecule has 0 bridgehead atoms. The van der Waals surface area contributed by atoms with Crippen LogP contribution in [0.2, 0.25) is 0 Å². The van der Waals surface area contributed by atoms with Crippen LogP contribution in [0.4, 0.5) is 19.3 Å². The number of hydrogen-bond acceptors (Lipinski definition) is 3. The molecule has 0 aliphatic carbocycles. The van der Waals surface area contributed by atoms with E-state index in [-0.39, 0.29) is 18.3 Å². The number of carboxylic acid groups (broad SMARTS) is 1. The number of carbonyl (C=O) groups is 2. The van der Waals surface area contributed by atoms with Gasteiger partial charge in [0.1, 0.15) is 0 Å². The molecule has 1 atom stereocenters. The van der Waals surface area contributed by atoms with E-state index in [2.05, 4.69) is 10.6 Å². The lowest BCUT2D eigenvalue weighted by Crippen LogP contribution is -2.38. The maximum Gasteiger partial charge on any atom is 0.337 e. The van der Waals surface area contributed by atoms with Crippen LogP contribution in [0.15, 0.2) is 12.1 Å². The van der Waals surface area contributed by atoms with Crippen LogP contribution in [0, 0.1) is 11.6 Å². The Morgan fingerprint density at radius 2 is 1.95 bits per heavy atom. The first-order valence-corrected chi connectivity index (χ1v) is 5.64. The number of methoxy groups -OCH3 is 1. The summed E-state index contributed by atoms with van der Waals surface area (Å²) in [4.78, 5) is 22.5. The molecule has 110 valence electrons. The van der Waals surface area contributed by atoms with Gasteiger partial charge in [-0.25, -0.2) is 18.4 Å². The Morgan fingerprint density at radius 3 is 2.50 bits per heavy atom. The molecule has 0 heterocycles. The van der Waals surface area contributed by atoms with E-state index in [1.807, 2.05) is 0 Å². The number of nitrogens with one attached hydrogen (secondary N) is 2. The van der Waals surface area contributed by atoms with Crippen molar-refractivity contribution in [2.24, 2.45) is 0 Å². The molecule has 6 nitrogen and oxygen atoms in total. The monoisotopic (exact) mass is 288 g/mol. The lowest BCUT2D eigenvalue weighted by Gasteiger charge is -2.14. The molecule has 1 unspecified atom stereocenters. The van der Waals surface area contributed by atoms with Crippen molar-refractivity contribution < 1.29 is 28.2 Å². The number of hydrogen-bond donors (Lipinski definition) is 3. The second kappa shape index (κ2) is 6.80. The third-order valence-electron chi connectivity index (χ3n) is 2.33. The van der Waals surface area contributed by atoms with Crippen molar-refractivity contribution in [3.63, 3.8) is 0 Å². The van der Waals surface area contributed by atoms with Gasteiger partial charge in [0.15, 0.2) is 11.6 Å². The first-order valence-electron chi connectivity index (χ1n) is 5.64. The molecule has 8 heteroatoms. The van der Waals surface area contributed by atoms with Gasteiger partial charge in [0.2, 0.25) is 0 Å². The molecule has 0 aliphatic rings. The molecule has 0 saturated heterocycles. The number of rotatable bonds is 5. The van der Waals surface area contributed by atoms with Crippen LogP contribution in [0.25, 0.3) is 0 Å². The molecule has 3 N–H and O–H groups in total. The minimum Gasteiger partial charge on any atom is -0.478 e. The zero-order chi connectivity index (χ0) is 15.3. The minimum absolute atomic E-state index is 0.247. The Morgan fingerprint density at radius 1 is 1.35 bits per heavy atom. The van der Waals surface area contributed by atoms with E-state index in [0.29, 0.717) is 12.1 Å². The fourth-order valence-electron chi connectivity index (χ4n) is 1.50. The van der Waals surface area contributed by atoms with Gasteiger partial charge in [-0.3, -0.25) is 0 Å². The van der Waals surface area contributed by atoms with Crippen molar-refractivity contribution in [1.29, 1.82) is 0 Å². The summed E-state index contributed by atoms with van der Waals surface area (Å²) < 4.78 is 30.9. The number of halogens is 2. The van der Waals surface area contributed by atoms with E-state index in [1.165, 1.54) is 7.11 Å². The zero-order valence-electron chi connectivity index (χ0n) is 10.9. The zero-order valence-corrected chi connectivity index (χ0v) is 10.9. The number of carboxylic acids is 1. The fourth-order valence-corrected chi connectivity index (χ4v) is 1.50. The summed E-state index contributed by atoms with van der Waals surface area (Å²) in [5.41, 5.74) is -0.878. The van der Waals surface area contributed by atoms with Crippen molar-refractivity contribution in [3.8, 4) is 0 Å². The maximum absolute atomic E-state index is 13.1. The second-order valence-corrected chi connectivity index (χ2v) is 4.07. The van der Waals surface area contributed by atoms with Gasteiger partial charge in [0.05, 0.1) is 23.9 Å². The van der Waals surface area contributed by atoms with Crippen LogP contribution in [-0.2, 0) is 4.74 Å². The van der Waals surface area contributed by atoms with Crippen molar-refractivity contribution in [2.75, 3.05) is 19.0 Å². The Balaban J connectivity index is 2.88. The predicted octanol–water partition coefficient (Wildman–Crippen LogP) is 1.82. The summed E-state index contributed by atoms with van der Waals surface area (Å²) in [7, 11) is 1.45. The lowest BCUT2D eigenvalue weighted by atomic mass is 10.1. The highest BCUT2D eigenvalue weighted by Gasteiger charge is 2.17. The fraction of sp³-hybridized carbons (Fsp3) is 0.333. The minimum atomic E-state index is -1.48. The van der Waals surface area contributed by atoms with Gasteiger partial charge < -0.3 is 20.5 Å². The molecule has 0 radical (unpaired) electrons. The molecular formula is C12H14F2N2O4. The summed E-state index contributed by atoms with van der Waals surface area (Å²) in [6.45, 7) is 1.91. The molecule has 1 aromatic carbocycles. The maximum atomic E-state index is 13.1. The van der Waals surface area contributed by atoms with Crippen LogP contribution >= 0.6 is 0 Å². The van der Waals surface area contributed by atoms with Crippen LogP contribution < -0.4 is 10.6 Å². The van der Waals surface area contributed by atoms with E-state index in [9.17, 15) is 18.4 Å². The normalized spacial score (nSPS) is 11.8. The summed E-state index contributed by atoms with van der Waals surface area (Å²) >= 11 is 0. The van der Waals surface area contributed by atoms with Gasteiger partial charge in [0, 0.05) is 13.2 Å². The third-order valence-corrected chi connectivity index (χ3v) is 2.33. The standard InChI is InChI=1S/C12H14F2N2O4/c1-6(5-20-2)15-12(19)16-10-4-9(14)8(13)3-7(10)11(17)18/h3-4,6H,5H2,1-2H3,(H,17,18)(H2,15,16,19). The van der Waals surface area contributed by atoms with Crippen molar-refractivity contribution in [3.05, 3.63) is 29.3 Å². The Hall–Kier alpha value is -2.22. The van der Waals surface area contributed by atoms with Crippen molar-refractivity contribution >= 4 is 17.7 Å². The number of ether oxygens (including phenoxy) is 1. The van der Waals surface area contributed by atoms with E-state index < -0.39 is 29.2 Å². The Labute approximate surface area is 113 Å². The van der Waals surface area contributed by atoms with Crippen LogP contribution in [0.3, 0.4) is 0 Å². The summed E-state index contributed by atoms with van der Waals surface area (Å²) in [5, 5.41) is 13.5. The number of carbonyl (C=O) groups excluding carboxylic acids is 1. The van der Waals surface area contributed by atoms with E-state index in [0.717, 1.165) is 0 Å². The molecule has 0 saturated carbocycles. The topological polar surface area (TPSA) is 87.7 Å². The number of amides is 2. The average molecular weight is 288 g/mol.